The lowest BCUT2D eigenvalue weighted by Gasteiger charge is -2.12. The normalized spacial score (nSPS) is 10.7. The monoisotopic (exact) mass is 448 g/mol. The average Bonchev–Trinajstić information content (AvgIpc) is 2.82. The van der Waals surface area contributed by atoms with Gasteiger partial charge in [-0.3, -0.25) is 0 Å². The van der Waals surface area contributed by atoms with E-state index in [1.54, 1.807) is 18.2 Å². The first-order chi connectivity index (χ1) is 16.1. The zero-order valence-electron chi connectivity index (χ0n) is 18.8. The molecule has 0 amide bonds. The molecular formula is C27H28O6. The Balaban J connectivity index is 1.70. The van der Waals surface area contributed by atoms with Gasteiger partial charge in [-0.25, -0.2) is 4.79 Å². The van der Waals surface area contributed by atoms with E-state index in [0.717, 1.165) is 28.7 Å². The summed E-state index contributed by atoms with van der Waals surface area (Å²) in [4.78, 5) is 10.9. The first kappa shape index (κ1) is 23.7. The van der Waals surface area contributed by atoms with E-state index in [1.807, 2.05) is 62.4 Å². The molecule has 1 N–H and O–H groups in total. The minimum Gasteiger partial charge on any atom is -0.494 e. The first-order valence-corrected chi connectivity index (χ1v) is 10.8. The lowest BCUT2D eigenvalue weighted by molar-refractivity contribution is -0.131. The number of carbonyl (C=O) groups is 1. The smallest absolute Gasteiger partial charge is 0.328 e. The van der Waals surface area contributed by atoms with Gasteiger partial charge in [-0.2, -0.15) is 0 Å². The van der Waals surface area contributed by atoms with Crippen molar-refractivity contribution in [1.29, 1.82) is 0 Å². The third-order valence-electron chi connectivity index (χ3n) is 4.60. The van der Waals surface area contributed by atoms with Crippen LogP contribution < -0.4 is 18.9 Å². The highest BCUT2D eigenvalue weighted by Gasteiger charge is 2.05. The number of hydrogen-bond acceptors (Lipinski definition) is 5. The van der Waals surface area contributed by atoms with Crippen LogP contribution in [0.2, 0.25) is 0 Å². The summed E-state index contributed by atoms with van der Waals surface area (Å²) in [5, 5.41) is 8.97. The van der Waals surface area contributed by atoms with E-state index in [-0.39, 0.29) is 0 Å². The summed E-state index contributed by atoms with van der Waals surface area (Å²) >= 11 is 0. The molecule has 0 aliphatic heterocycles. The molecule has 0 bridgehead atoms. The zero-order valence-corrected chi connectivity index (χ0v) is 18.8. The lowest BCUT2D eigenvalue weighted by atomic mass is 10.1. The predicted molar refractivity (Wildman–Crippen MR) is 127 cm³/mol. The molecule has 3 rings (SSSR count). The summed E-state index contributed by atoms with van der Waals surface area (Å²) in [6.07, 6.45) is 2.59. The minimum absolute atomic E-state index is 0.358. The number of benzene rings is 3. The van der Waals surface area contributed by atoms with Crippen LogP contribution in [0.4, 0.5) is 0 Å². The van der Waals surface area contributed by atoms with E-state index in [2.05, 4.69) is 0 Å². The van der Waals surface area contributed by atoms with E-state index in [9.17, 15) is 4.79 Å². The fourth-order valence-corrected chi connectivity index (χ4v) is 3.05. The number of aliphatic carboxylic acids is 1. The number of ether oxygens (including phenoxy) is 4. The highest BCUT2D eigenvalue weighted by atomic mass is 16.5. The van der Waals surface area contributed by atoms with Crippen LogP contribution in [-0.4, -0.2) is 24.3 Å². The Morgan fingerprint density at radius 1 is 0.697 bits per heavy atom. The molecule has 6 nitrogen and oxygen atoms in total. The van der Waals surface area contributed by atoms with Gasteiger partial charge in [0.05, 0.1) is 13.2 Å². The summed E-state index contributed by atoms with van der Waals surface area (Å²) in [6, 6.07) is 20.7. The maximum absolute atomic E-state index is 10.9. The van der Waals surface area contributed by atoms with Gasteiger partial charge in [-0.05, 0) is 73.0 Å². The zero-order chi connectivity index (χ0) is 23.5. The maximum Gasteiger partial charge on any atom is 0.328 e. The molecule has 0 fully saturated rings. The Morgan fingerprint density at radius 3 is 1.55 bits per heavy atom. The van der Waals surface area contributed by atoms with Crippen LogP contribution in [0, 0.1) is 0 Å². The molecule has 3 aromatic rings. The Bertz CT molecular complexity index is 983. The molecule has 0 spiro atoms. The summed E-state index contributed by atoms with van der Waals surface area (Å²) in [5.41, 5.74) is 2.65. The van der Waals surface area contributed by atoms with Crippen molar-refractivity contribution in [3.05, 3.63) is 89.5 Å². The van der Waals surface area contributed by atoms with Gasteiger partial charge in [0.15, 0.2) is 0 Å². The Kier molecular flexibility index (Phi) is 8.77. The molecule has 0 aliphatic rings. The fraction of sp³-hybridized carbons (Fsp3) is 0.222. The van der Waals surface area contributed by atoms with Gasteiger partial charge in [0.1, 0.15) is 36.2 Å². The van der Waals surface area contributed by atoms with Crippen LogP contribution >= 0.6 is 0 Å². The summed E-state index contributed by atoms with van der Waals surface area (Å²) in [6.45, 7) is 5.84. The second-order valence-corrected chi connectivity index (χ2v) is 7.14. The molecule has 33 heavy (non-hydrogen) atoms. The van der Waals surface area contributed by atoms with Crippen LogP contribution in [0.5, 0.6) is 23.0 Å². The van der Waals surface area contributed by atoms with Crippen molar-refractivity contribution in [1.82, 2.24) is 0 Å². The third kappa shape index (κ3) is 7.92. The highest BCUT2D eigenvalue weighted by molar-refractivity contribution is 5.85. The van der Waals surface area contributed by atoms with Crippen molar-refractivity contribution in [3.8, 4) is 23.0 Å². The summed E-state index contributed by atoms with van der Waals surface area (Å²) in [5.74, 6) is 1.77. The molecule has 172 valence electrons. The Labute approximate surface area is 194 Å². The van der Waals surface area contributed by atoms with E-state index in [0.29, 0.717) is 43.5 Å². The molecule has 0 heterocycles. The SMILES string of the molecule is CCOc1ccc(COc2cc(/C=C/C(=O)O)cc(OCc3ccc(OCC)cc3)c2)cc1. The van der Waals surface area contributed by atoms with Crippen molar-refractivity contribution in [2.45, 2.75) is 27.1 Å². The van der Waals surface area contributed by atoms with E-state index >= 15 is 0 Å². The largest absolute Gasteiger partial charge is 0.494 e. The van der Waals surface area contributed by atoms with E-state index in [4.69, 9.17) is 24.1 Å². The molecule has 0 aliphatic carbocycles. The van der Waals surface area contributed by atoms with Gasteiger partial charge in [0, 0.05) is 12.1 Å². The van der Waals surface area contributed by atoms with Crippen molar-refractivity contribution in [2.24, 2.45) is 0 Å². The number of carboxylic acid groups (broad SMARTS) is 1. The second-order valence-electron chi connectivity index (χ2n) is 7.14. The molecule has 0 saturated heterocycles. The van der Waals surface area contributed by atoms with Crippen molar-refractivity contribution >= 4 is 12.0 Å². The highest BCUT2D eigenvalue weighted by Crippen LogP contribution is 2.26. The molecule has 0 atom stereocenters. The number of rotatable bonds is 12. The average molecular weight is 449 g/mol. The first-order valence-electron chi connectivity index (χ1n) is 10.8. The standard InChI is InChI=1S/C27H28O6/c1-3-30-23-10-5-20(6-11-23)18-32-25-15-22(9-14-27(28)29)16-26(17-25)33-19-21-7-12-24(13-8-21)31-4-2/h5-17H,3-4,18-19H2,1-2H3,(H,28,29)/b14-9+. The molecule has 0 unspecified atom stereocenters. The van der Waals surface area contributed by atoms with Crippen LogP contribution in [0.25, 0.3) is 6.08 Å². The minimum atomic E-state index is -1.02. The van der Waals surface area contributed by atoms with E-state index < -0.39 is 5.97 Å². The molecule has 6 heteroatoms. The van der Waals surface area contributed by atoms with Crippen LogP contribution in [0.15, 0.2) is 72.8 Å². The quantitative estimate of drug-likeness (QED) is 0.356. The van der Waals surface area contributed by atoms with Crippen LogP contribution in [0.1, 0.15) is 30.5 Å². The van der Waals surface area contributed by atoms with Crippen LogP contribution in [0.3, 0.4) is 0 Å². The van der Waals surface area contributed by atoms with Crippen molar-refractivity contribution in [2.75, 3.05) is 13.2 Å². The van der Waals surface area contributed by atoms with Crippen molar-refractivity contribution < 1.29 is 28.8 Å². The molecule has 3 aromatic carbocycles. The maximum atomic E-state index is 10.9. The Hall–Kier alpha value is -3.93. The second kappa shape index (κ2) is 12.2. The third-order valence-corrected chi connectivity index (χ3v) is 4.60. The molecular weight excluding hydrogens is 420 g/mol. The predicted octanol–water partition coefficient (Wildman–Crippen LogP) is 5.74. The van der Waals surface area contributed by atoms with Gasteiger partial charge in [-0.15, -0.1) is 0 Å². The molecule has 0 saturated carbocycles. The van der Waals surface area contributed by atoms with Crippen LogP contribution in [-0.2, 0) is 18.0 Å². The number of hydrogen-bond donors (Lipinski definition) is 1. The summed E-state index contributed by atoms with van der Waals surface area (Å²) < 4.78 is 22.8. The molecule has 0 aromatic heterocycles. The molecule has 0 radical (unpaired) electrons. The number of carboxylic acids is 1. The van der Waals surface area contributed by atoms with Gasteiger partial charge in [-0.1, -0.05) is 24.3 Å². The van der Waals surface area contributed by atoms with E-state index in [1.165, 1.54) is 6.08 Å². The topological polar surface area (TPSA) is 74.2 Å². The van der Waals surface area contributed by atoms with Gasteiger partial charge < -0.3 is 24.1 Å². The lowest BCUT2D eigenvalue weighted by Crippen LogP contribution is -1.99. The summed E-state index contributed by atoms with van der Waals surface area (Å²) in [7, 11) is 0. The fourth-order valence-electron chi connectivity index (χ4n) is 3.05. The van der Waals surface area contributed by atoms with Gasteiger partial charge >= 0.3 is 5.97 Å². The van der Waals surface area contributed by atoms with Crippen molar-refractivity contribution in [3.63, 3.8) is 0 Å². The Morgan fingerprint density at radius 2 is 1.15 bits per heavy atom. The van der Waals surface area contributed by atoms with Gasteiger partial charge in [0.2, 0.25) is 0 Å². The van der Waals surface area contributed by atoms with Gasteiger partial charge in [0.25, 0.3) is 0 Å².